The Morgan fingerprint density at radius 1 is 1.09 bits per heavy atom. The van der Waals surface area contributed by atoms with Gasteiger partial charge in [-0.1, -0.05) is 29.8 Å². The van der Waals surface area contributed by atoms with E-state index < -0.39 is 10.0 Å². The minimum atomic E-state index is -3.56. The van der Waals surface area contributed by atoms with Crippen LogP contribution >= 0.6 is 11.6 Å². The van der Waals surface area contributed by atoms with Gasteiger partial charge in [0, 0.05) is 23.7 Å². The second kappa shape index (κ2) is 4.83. The van der Waals surface area contributed by atoms with Crippen molar-refractivity contribution in [2.45, 2.75) is 17.9 Å². The van der Waals surface area contributed by atoms with E-state index in [0.29, 0.717) is 22.8 Å². The molecule has 0 atom stereocenters. The van der Waals surface area contributed by atoms with Gasteiger partial charge in [0.25, 0.3) is 10.0 Å². The maximum Gasteiger partial charge on any atom is 0.285 e. The first-order chi connectivity index (χ1) is 10.5. The fourth-order valence-electron chi connectivity index (χ4n) is 3.02. The summed E-state index contributed by atoms with van der Waals surface area (Å²) in [7, 11) is -3.56. The van der Waals surface area contributed by atoms with E-state index >= 15 is 0 Å². The number of halogens is 1. The fraction of sp³-hybridized carbons (Fsp3) is 0.188. The molecule has 0 spiro atoms. The molecule has 2 aliphatic rings. The van der Waals surface area contributed by atoms with Crippen LogP contribution in [0.15, 0.2) is 51.8 Å². The molecule has 2 aromatic rings. The number of hydrogen-bond donors (Lipinski definition) is 0. The summed E-state index contributed by atoms with van der Waals surface area (Å²) in [6.07, 6.45) is 0.830. The Balaban J connectivity index is 1.74. The highest BCUT2D eigenvalue weighted by Crippen LogP contribution is 2.30. The minimum absolute atomic E-state index is 0.298. The van der Waals surface area contributed by atoms with E-state index in [4.69, 9.17) is 11.6 Å². The smallest absolute Gasteiger partial charge is 0.285 e. The van der Waals surface area contributed by atoms with Crippen LogP contribution in [0.25, 0.3) is 0 Å². The molecule has 6 heteroatoms. The second-order valence-electron chi connectivity index (χ2n) is 5.47. The van der Waals surface area contributed by atoms with Crippen molar-refractivity contribution in [3.63, 3.8) is 0 Å². The van der Waals surface area contributed by atoms with Crippen LogP contribution in [0.1, 0.15) is 16.7 Å². The van der Waals surface area contributed by atoms with Crippen molar-refractivity contribution in [2.75, 3.05) is 6.54 Å². The summed E-state index contributed by atoms with van der Waals surface area (Å²) >= 11 is 6.03. The van der Waals surface area contributed by atoms with Crippen LogP contribution in [0, 0.1) is 0 Å². The molecule has 0 aromatic heterocycles. The Morgan fingerprint density at radius 3 is 2.77 bits per heavy atom. The molecule has 4 nitrogen and oxygen atoms in total. The number of benzene rings is 2. The summed E-state index contributed by atoms with van der Waals surface area (Å²) in [6, 6.07) is 12.8. The summed E-state index contributed by atoms with van der Waals surface area (Å²) in [5, 5.41) is 0.735. The normalized spacial score (nSPS) is 18.6. The van der Waals surface area contributed by atoms with Gasteiger partial charge in [-0.25, -0.2) is 0 Å². The van der Waals surface area contributed by atoms with E-state index in [1.54, 1.807) is 12.1 Å². The van der Waals surface area contributed by atoms with Gasteiger partial charge in [-0.05, 0) is 41.8 Å². The van der Waals surface area contributed by atoms with Crippen molar-refractivity contribution in [3.05, 3.63) is 64.2 Å². The van der Waals surface area contributed by atoms with Crippen LogP contribution in [0.2, 0.25) is 5.02 Å². The molecule has 22 heavy (non-hydrogen) atoms. The maximum absolute atomic E-state index is 12.2. The van der Waals surface area contributed by atoms with Crippen molar-refractivity contribution in [1.82, 2.24) is 4.90 Å². The van der Waals surface area contributed by atoms with Gasteiger partial charge < -0.3 is 4.90 Å². The Labute approximate surface area is 134 Å². The van der Waals surface area contributed by atoms with Gasteiger partial charge in [0.15, 0.2) is 5.84 Å². The fourth-order valence-corrected chi connectivity index (χ4v) is 4.44. The number of amidine groups is 1. The SMILES string of the molecule is O=S1(=O)N=C(N2CCc3cc(Cl)ccc3C2)c2ccccc21. The first kappa shape index (κ1) is 13.8. The van der Waals surface area contributed by atoms with Crippen molar-refractivity contribution < 1.29 is 8.42 Å². The van der Waals surface area contributed by atoms with Crippen molar-refractivity contribution in [1.29, 1.82) is 0 Å². The number of hydrogen-bond acceptors (Lipinski definition) is 3. The lowest BCUT2D eigenvalue weighted by Crippen LogP contribution is -2.35. The number of sulfonamides is 1. The summed E-state index contributed by atoms with van der Waals surface area (Å²) in [5.41, 5.74) is 3.08. The van der Waals surface area contributed by atoms with E-state index in [0.717, 1.165) is 18.0 Å². The first-order valence-corrected chi connectivity index (χ1v) is 8.83. The maximum atomic E-state index is 12.2. The molecule has 2 aliphatic heterocycles. The third-order valence-electron chi connectivity index (χ3n) is 4.09. The van der Waals surface area contributed by atoms with Crippen molar-refractivity contribution in [2.24, 2.45) is 4.40 Å². The Kier molecular flexibility index (Phi) is 3.03. The van der Waals surface area contributed by atoms with Crippen molar-refractivity contribution >= 4 is 27.5 Å². The highest BCUT2D eigenvalue weighted by molar-refractivity contribution is 7.90. The molecule has 2 aromatic carbocycles. The molecule has 0 fully saturated rings. The van der Waals surface area contributed by atoms with Crippen LogP contribution in [0.3, 0.4) is 0 Å². The standard InChI is InChI=1S/C16H13ClN2O2S/c17-13-6-5-12-10-19(8-7-11(12)9-13)16-14-3-1-2-4-15(14)22(20,21)18-16/h1-6,9H,7-8,10H2. The Hall–Kier alpha value is -1.85. The van der Waals surface area contributed by atoms with Crippen molar-refractivity contribution in [3.8, 4) is 0 Å². The predicted octanol–water partition coefficient (Wildman–Crippen LogP) is 2.85. The van der Waals surface area contributed by atoms with E-state index in [1.807, 2.05) is 35.2 Å². The van der Waals surface area contributed by atoms with Gasteiger partial charge in [0.1, 0.15) is 4.90 Å². The van der Waals surface area contributed by atoms with Gasteiger partial charge in [-0.15, -0.1) is 4.40 Å². The van der Waals surface area contributed by atoms with Gasteiger partial charge in [0.2, 0.25) is 0 Å². The van der Waals surface area contributed by atoms with E-state index in [-0.39, 0.29) is 0 Å². The molecule has 0 bridgehead atoms. The average molecular weight is 333 g/mol. The first-order valence-electron chi connectivity index (χ1n) is 7.01. The van der Waals surface area contributed by atoms with Gasteiger partial charge in [-0.2, -0.15) is 8.42 Å². The largest absolute Gasteiger partial charge is 0.351 e. The predicted molar refractivity (Wildman–Crippen MR) is 85.7 cm³/mol. The number of nitrogens with zero attached hydrogens (tertiary/aromatic N) is 2. The third-order valence-corrected chi connectivity index (χ3v) is 5.65. The van der Waals surface area contributed by atoms with E-state index in [2.05, 4.69) is 4.40 Å². The zero-order chi connectivity index (χ0) is 15.3. The summed E-state index contributed by atoms with van der Waals surface area (Å²) in [5.74, 6) is 0.552. The highest BCUT2D eigenvalue weighted by Gasteiger charge is 2.32. The quantitative estimate of drug-likeness (QED) is 0.745. The summed E-state index contributed by atoms with van der Waals surface area (Å²) in [6.45, 7) is 1.38. The Morgan fingerprint density at radius 2 is 1.91 bits per heavy atom. The third kappa shape index (κ3) is 2.12. The molecule has 2 heterocycles. The molecule has 0 amide bonds. The number of fused-ring (bicyclic) bond motifs is 2. The zero-order valence-corrected chi connectivity index (χ0v) is 13.2. The lowest BCUT2D eigenvalue weighted by atomic mass is 9.99. The van der Waals surface area contributed by atoms with Crippen LogP contribution < -0.4 is 0 Å². The average Bonchev–Trinajstić information content (AvgIpc) is 2.79. The van der Waals surface area contributed by atoms with E-state index in [9.17, 15) is 8.42 Å². The van der Waals surface area contributed by atoms with Gasteiger partial charge >= 0.3 is 0 Å². The van der Waals surface area contributed by atoms with E-state index in [1.165, 1.54) is 11.1 Å². The molecule has 4 rings (SSSR count). The molecule has 0 aliphatic carbocycles. The highest BCUT2D eigenvalue weighted by atomic mass is 35.5. The lowest BCUT2D eigenvalue weighted by Gasteiger charge is -2.30. The van der Waals surface area contributed by atoms with Crippen LogP contribution in [0.4, 0.5) is 0 Å². The number of rotatable bonds is 0. The summed E-state index contributed by atoms with van der Waals surface area (Å²) < 4.78 is 28.3. The monoisotopic (exact) mass is 332 g/mol. The molecule has 0 N–H and O–H groups in total. The molecular weight excluding hydrogens is 320 g/mol. The topological polar surface area (TPSA) is 49.7 Å². The van der Waals surface area contributed by atoms with Crippen LogP contribution in [0.5, 0.6) is 0 Å². The summed E-state index contributed by atoms with van der Waals surface area (Å²) in [4.78, 5) is 2.33. The van der Waals surface area contributed by atoms with Gasteiger partial charge in [0.05, 0.1) is 0 Å². The second-order valence-corrected chi connectivity index (χ2v) is 7.48. The zero-order valence-electron chi connectivity index (χ0n) is 11.7. The van der Waals surface area contributed by atoms with Crippen LogP contribution in [-0.2, 0) is 23.0 Å². The molecule has 0 unspecified atom stereocenters. The molecule has 0 saturated carbocycles. The molecule has 0 radical (unpaired) electrons. The van der Waals surface area contributed by atoms with Gasteiger partial charge in [-0.3, -0.25) is 0 Å². The minimum Gasteiger partial charge on any atom is -0.351 e. The molecule has 0 saturated heterocycles. The van der Waals surface area contributed by atoms with Crippen LogP contribution in [-0.4, -0.2) is 25.7 Å². The lowest BCUT2D eigenvalue weighted by molar-refractivity contribution is 0.395. The molecular formula is C16H13ClN2O2S. The Bertz CT molecular complexity index is 906. The molecule has 112 valence electrons.